The monoisotopic (exact) mass is 385 g/mol. The number of hydrogen-bond acceptors (Lipinski definition) is 8. The molecular formula is C16H17F2N3O6. The van der Waals surface area contributed by atoms with Gasteiger partial charge in [-0.2, -0.15) is 4.98 Å². The summed E-state index contributed by atoms with van der Waals surface area (Å²) in [5, 5.41) is 13.1. The van der Waals surface area contributed by atoms with Gasteiger partial charge in [-0.15, -0.1) is 0 Å². The van der Waals surface area contributed by atoms with Crippen LogP contribution in [0.25, 0.3) is 11.4 Å². The summed E-state index contributed by atoms with van der Waals surface area (Å²) in [6, 6.07) is 2.23. The highest BCUT2D eigenvalue weighted by Crippen LogP contribution is 2.23. The van der Waals surface area contributed by atoms with Gasteiger partial charge in [-0.3, -0.25) is 4.79 Å². The topological polar surface area (TPSA) is 113 Å². The second-order valence-corrected chi connectivity index (χ2v) is 6.06. The number of nitrogens with zero attached hydrogens (tertiary/aromatic N) is 3. The first kappa shape index (κ1) is 20.1. The van der Waals surface area contributed by atoms with Crippen LogP contribution in [0.3, 0.4) is 0 Å². The number of esters is 2. The predicted octanol–water partition coefficient (Wildman–Crippen LogP) is 1.58. The van der Waals surface area contributed by atoms with Crippen LogP contribution in [0.1, 0.15) is 13.8 Å². The first-order chi connectivity index (χ1) is 12.6. The zero-order valence-electron chi connectivity index (χ0n) is 14.7. The van der Waals surface area contributed by atoms with Crippen LogP contribution >= 0.6 is 0 Å². The number of aromatic nitrogens is 3. The number of carbonyl (C=O) groups excluding carboxylic acids is 2. The van der Waals surface area contributed by atoms with Crippen molar-refractivity contribution in [2.45, 2.75) is 13.8 Å². The van der Waals surface area contributed by atoms with E-state index in [0.29, 0.717) is 6.07 Å². The normalized spacial score (nSPS) is 11.1. The van der Waals surface area contributed by atoms with Gasteiger partial charge in [-0.1, -0.05) is 9.94 Å². The molecule has 1 heterocycles. The zero-order chi connectivity index (χ0) is 20.2. The number of carbonyl (C=O) groups is 2. The largest absolute Gasteiger partial charge is 0.469 e. The van der Waals surface area contributed by atoms with Gasteiger partial charge < -0.3 is 19.4 Å². The summed E-state index contributed by atoms with van der Waals surface area (Å²) < 4.78 is 41.2. The zero-order valence-corrected chi connectivity index (χ0v) is 14.7. The smallest absolute Gasteiger partial charge is 0.344 e. The number of benzene rings is 1. The molecule has 0 fully saturated rings. The van der Waals surface area contributed by atoms with Gasteiger partial charge in [-0.05, 0) is 26.0 Å². The Labute approximate surface area is 152 Å². The maximum atomic E-state index is 13.8. The van der Waals surface area contributed by atoms with Crippen LogP contribution in [-0.4, -0.2) is 52.4 Å². The van der Waals surface area contributed by atoms with E-state index in [0.717, 1.165) is 12.1 Å². The molecule has 1 N–H and O–H groups in total. The maximum absolute atomic E-state index is 13.8. The van der Waals surface area contributed by atoms with Gasteiger partial charge in [0.2, 0.25) is 5.82 Å². The van der Waals surface area contributed by atoms with Crippen molar-refractivity contribution in [1.29, 1.82) is 0 Å². The van der Waals surface area contributed by atoms with E-state index in [9.17, 15) is 23.6 Å². The molecule has 0 amide bonds. The molecule has 0 bridgehead atoms. The average molecular weight is 385 g/mol. The molecule has 0 radical (unpaired) electrons. The van der Waals surface area contributed by atoms with Gasteiger partial charge in [0.05, 0.1) is 18.1 Å². The fraction of sp³-hybridized carbons (Fsp3) is 0.375. The van der Waals surface area contributed by atoms with Crippen LogP contribution in [0, 0.1) is 17.0 Å². The second-order valence-electron chi connectivity index (χ2n) is 6.06. The Morgan fingerprint density at radius 3 is 2.63 bits per heavy atom. The van der Waals surface area contributed by atoms with Gasteiger partial charge in [0.1, 0.15) is 18.2 Å². The molecule has 2 rings (SSSR count). The summed E-state index contributed by atoms with van der Waals surface area (Å²) in [5.41, 5.74) is -1.26. The molecule has 0 unspecified atom stereocenters. The Kier molecular flexibility index (Phi) is 5.93. The fourth-order valence-electron chi connectivity index (χ4n) is 1.95. The highest BCUT2D eigenvalue weighted by Gasteiger charge is 2.30. The van der Waals surface area contributed by atoms with Gasteiger partial charge in [0.25, 0.3) is 0 Å². The standard InChI is InChI=1S/C16H17F2N3O6/c1-16(2,14(23)25-3)8-27-12(22)7-26-15-19-13(21(24)20-15)10-5-4-9(17)6-11(10)18/h4-6,24H,7-8H2,1-3H3. The van der Waals surface area contributed by atoms with Crippen molar-refractivity contribution in [1.82, 2.24) is 14.9 Å². The SMILES string of the molecule is COC(=O)C(C)(C)COC(=O)COc1nc(-c2ccc(F)cc2F)n(O)n1. The fourth-order valence-corrected chi connectivity index (χ4v) is 1.95. The van der Waals surface area contributed by atoms with Crippen molar-refractivity contribution in [2.24, 2.45) is 5.41 Å². The van der Waals surface area contributed by atoms with E-state index >= 15 is 0 Å². The van der Waals surface area contributed by atoms with Crippen LogP contribution in [0.4, 0.5) is 8.78 Å². The lowest BCUT2D eigenvalue weighted by molar-refractivity contribution is -0.160. The highest BCUT2D eigenvalue weighted by molar-refractivity contribution is 5.77. The second kappa shape index (κ2) is 7.98. The van der Waals surface area contributed by atoms with Crippen LogP contribution < -0.4 is 4.74 Å². The Morgan fingerprint density at radius 1 is 1.30 bits per heavy atom. The third-order valence-electron chi connectivity index (χ3n) is 3.39. The molecule has 0 saturated carbocycles. The highest BCUT2D eigenvalue weighted by atomic mass is 19.1. The summed E-state index contributed by atoms with van der Waals surface area (Å²) in [6.07, 6.45) is 0. The van der Waals surface area contributed by atoms with Crippen molar-refractivity contribution in [3.05, 3.63) is 29.8 Å². The van der Waals surface area contributed by atoms with E-state index in [1.807, 2.05) is 0 Å². The van der Waals surface area contributed by atoms with Crippen molar-refractivity contribution in [2.75, 3.05) is 20.3 Å². The molecule has 0 spiro atoms. The molecule has 146 valence electrons. The Hall–Kier alpha value is -3.24. The molecule has 2 aromatic rings. The first-order valence-electron chi connectivity index (χ1n) is 7.62. The Balaban J connectivity index is 1.97. The molecule has 1 aromatic carbocycles. The molecule has 0 atom stereocenters. The van der Waals surface area contributed by atoms with E-state index in [4.69, 9.17) is 9.47 Å². The first-order valence-corrected chi connectivity index (χ1v) is 7.62. The van der Waals surface area contributed by atoms with E-state index in [1.54, 1.807) is 0 Å². The minimum Gasteiger partial charge on any atom is -0.469 e. The maximum Gasteiger partial charge on any atom is 0.344 e. The van der Waals surface area contributed by atoms with Gasteiger partial charge in [0, 0.05) is 6.07 Å². The van der Waals surface area contributed by atoms with Crippen molar-refractivity contribution < 1.29 is 37.8 Å². The van der Waals surface area contributed by atoms with Gasteiger partial charge >= 0.3 is 17.9 Å². The predicted molar refractivity (Wildman–Crippen MR) is 84.8 cm³/mol. The number of hydrogen-bond donors (Lipinski definition) is 1. The summed E-state index contributed by atoms with van der Waals surface area (Å²) in [7, 11) is 1.22. The van der Waals surface area contributed by atoms with Crippen LogP contribution in [-0.2, 0) is 19.1 Å². The molecule has 0 aliphatic rings. The average Bonchev–Trinajstić information content (AvgIpc) is 2.98. The van der Waals surface area contributed by atoms with Crippen LogP contribution in [0.5, 0.6) is 6.01 Å². The molecule has 0 saturated heterocycles. The quantitative estimate of drug-likeness (QED) is 0.565. The van der Waals surface area contributed by atoms with E-state index in [1.165, 1.54) is 21.0 Å². The molecular weight excluding hydrogens is 368 g/mol. The third kappa shape index (κ3) is 4.90. The molecule has 0 aliphatic heterocycles. The van der Waals surface area contributed by atoms with Crippen LogP contribution in [0.15, 0.2) is 18.2 Å². The number of rotatable bonds is 7. The minimum absolute atomic E-state index is 0.219. The van der Waals surface area contributed by atoms with Crippen molar-refractivity contribution in [3.63, 3.8) is 0 Å². The molecule has 0 aliphatic carbocycles. The Morgan fingerprint density at radius 2 is 2.00 bits per heavy atom. The van der Waals surface area contributed by atoms with E-state index in [-0.39, 0.29) is 22.8 Å². The third-order valence-corrected chi connectivity index (χ3v) is 3.39. The lowest BCUT2D eigenvalue weighted by atomic mass is 9.95. The van der Waals surface area contributed by atoms with E-state index < -0.39 is 41.6 Å². The van der Waals surface area contributed by atoms with Crippen molar-refractivity contribution in [3.8, 4) is 17.4 Å². The number of halogens is 2. The van der Waals surface area contributed by atoms with Gasteiger partial charge in [-0.25, -0.2) is 13.6 Å². The molecule has 1 aromatic heterocycles. The minimum atomic E-state index is -1.04. The van der Waals surface area contributed by atoms with Crippen molar-refractivity contribution >= 4 is 11.9 Å². The number of ether oxygens (including phenoxy) is 3. The summed E-state index contributed by atoms with van der Waals surface area (Å²) >= 11 is 0. The summed E-state index contributed by atoms with van der Waals surface area (Å²) in [4.78, 5) is 27.2. The lowest BCUT2D eigenvalue weighted by Gasteiger charge is -2.20. The van der Waals surface area contributed by atoms with Crippen LogP contribution in [0.2, 0.25) is 0 Å². The van der Waals surface area contributed by atoms with E-state index in [2.05, 4.69) is 14.8 Å². The molecule has 27 heavy (non-hydrogen) atoms. The number of methoxy groups -OCH3 is 1. The van der Waals surface area contributed by atoms with Gasteiger partial charge in [0.15, 0.2) is 6.61 Å². The molecule has 11 heteroatoms. The summed E-state index contributed by atoms with van der Waals surface area (Å²) in [5.74, 6) is -3.48. The molecule has 9 nitrogen and oxygen atoms in total. The lowest BCUT2D eigenvalue weighted by Crippen LogP contribution is -2.32. The summed E-state index contributed by atoms with van der Waals surface area (Å²) in [6.45, 7) is 2.21. The Bertz CT molecular complexity index is 853.